The molecule has 1 aromatic carbocycles. The smallest absolute Gasteiger partial charge is 0.253 e. The van der Waals surface area contributed by atoms with Crippen molar-refractivity contribution in [2.24, 2.45) is 0 Å². The highest BCUT2D eigenvalue weighted by Gasteiger charge is 2.10. The molecule has 0 radical (unpaired) electrons. The molecular weight excluding hydrogens is 212 g/mol. The molecule has 1 aromatic rings. The van der Waals surface area contributed by atoms with Crippen molar-refractivity contribution in [3.63, 3.8) is 0 Å². The minimum Gasteiger partial charge on any atom is -0.340 e. The molecule has 1 N–H and O–H groups in total. The Morgan fingerprint density at radius 3 is 2.47 bits per heavy atom. The number of hydrogen-bond acceptors (Lipinski definition) is 2. The molecule has 17 heavy (non-hydrogen) atoms. The highest BCUT2D eigenvalue weighted by atomic mass is 16.2. The molecule has 0 fully saturated rings. The summed E-state index contributed by atoms with van der Waals surface area (Å²) in [6, 6.07) is 7.93. The molecule has 0 aromatic heterocycles. The molecule has 0 heterocycles. The van der Waals surface area contributed by atoms with Crippen molar-refractivity contribution in [2.45, 2.75) is 19.8 Å². The molecule has 0 spiro atoms. The lowest BCUT2D eigenvalue weighted by molar-refractivity contribution is 0.0797. The summed E-state index contributed by atoms with van der Waals surface area (Å²) >= 11 is 0. The highest BCUT2D eigenvalue weighted by molar-refractivity contribution is 5.94. The van der Waals surface area contributed by atoms with E-state index < -0.39 is 0 Å². The van der Waals surface area contributed by atoms with Crippen LogP contribution in [0.5, 0.6) is 0 Å². The zero-order valence-corrected chi connectivity index (χ0v) is 11.0. The van der Waals surface area contributed by atoms with Gasteiger partial charge in [0, 0.05) is 25.7 Å². The Bertz CT molecular complexity index is 346. The zero-order valence-electron chi connectivity index (χ0n) is 11.0. The number of benzene rings is 1. The number of aryl methyl sites for hydroxylation is 1. The largest absolute Gasteiger partial charge is 0.340 e. The van der Waals surface area contributed by atoms with Gasteiger partial charge < -0.3 is 10.2 Å². The van der Waals surface area contributed by atoms with E-state index >= 15 is 0 Å². The van der Waals surface area contributed by atoms with E-state index in [-0.39, 0.29) is 5.91 Å². The van der Waals surface area contributed by atoms with E-state index in [0.717, 1.165) is 31.5 Å². The third-order valence-electron chi connectivity index (χ3n) is 2.78. The molecule has 1 amide bonds. The summed E-state index contributed by atoms with van der Waals surface area (Å²) in [5, 5.41) is 3.04. The van der Waals surface area contributed by atoms with Crippen molar-refractivity contribution in [1.29, 1.82) is 0 Å². The van der Waals surface area contributed by atoms with Crippen LogP contribution in [0.25, 0.3) is 0 Å². The first-order chi connectivity index (χ1) is 8.19. The molecule has 0 aliphatic rings. The van der Waals surface area contributed by atoms with Crippen molar-refractivity contribution < 1.29 is 4.79 Å². The Labute approximate surface area is 104 Å². The summed E-state index contributed by atoms with van der Waals surface area (Å²) in [6.45, 7) is 3.70. The van der Waals surface area contributed by atoms with Crippen LogP contribution >= 0.6 is 0 Å². The molecule has 0 atom stereocenters. The maximum Gasteiger partial charge on any atom is 0.253 e. The fraction of sp³-hybridized carbons (Fsp3) is 0.500. The maximum absolute atomic E-state index is 12.0. The van der Waals surface area contributed by atoms with Gasteiger partial charge in [-0.2, -0.15) is 0 Å². The normalized spacial score (nSPS) is 10.3. The minimum atomic E-state index is 0.0864. The molecule has 0 aliphatic carbocycles. The molecule has 0 bridgehead atoms. The van der Waals surface area contributed by atoms with Crippen LogP contribution in [0.4, 0.5) is 0 Å². The zero-order chi connectivity index (χ0) is 12.7. The van der Waals surface area contributed by atoms with E-state index in [1.165, 1.54) is 5.56 Å². The Morgan fingerprint density at radius 2 is 1.94 bits per heavy atom. The van der Waals surface area contributed by atoms with Crippen LogP contribution in [0.1, 0.15) is 29.3 Å². The lowest BCUT2D eigenvalue weighted by atomic mass is 10.1. The van der Waals surface area contributed by atoms with Gasteiger partial charge in [0.1, 0.15) is 0 Å². The number of carbonyl (C=O) groups excluding carboxylic acids is 1. The standard InChI is InChI=1S/C14H22N2O/c1-4-5-12-6-8-13(9-7-12)14(17)16(3)11-10-15-2/h6-9,15H,4-5,10-11H2,1-3H3. The number of rotatable bonds is 6. The third-order valence-corrected chi connectivity index (χ3v) is 2.78. The number of amides is 1. The molecule has 94 valence electrons. The molecule has 3 nitrogen and oxygen atoms in total. The Balaban J connectivity index is 2.62. The lowest BCUT2D eigenvalue weighted by Crippen LogP contribution is -2.32. The Morgan fingerprint density at radius 1 is 1.29 bits per heavy atom. The molecule has 1 rings (SSSR count). The third kappa shape index (κ3) is 4.19. The van der Waals surface area contributed by atoms with E-state index in [0.29, 0.717) is 0 Å². The summed E-state index contributed by atoms with van der Waals surface area (Å²) in [6.07, 6.45) is 2.21. The first-order valence-electron chi connectivity index (χ1n) is 6.18. The molecule has 3 heteroatoms. The van der Waals surface area contributed by atoms with Crippen molar-refractivity contribution in [3.8, 4) is 0 Å². The fourth-order valence-corrected chi connectivity index (χ4v) is 1.70. The molecule has 0 aliphatic heterocycles. The van der Waals surface area contributed by atoms with Gasteiger partial charge in [0.05, 0.1) is 0 Å². The van der Waals surface area contributed by atoms with Gasteiger partial charge in [-0.3, -0.25) is 4.79 Å². The van der Waals surface area contributed by atoms with Crippen LogP contribution in [-0.4, -0.2) is 38.0 Å². The van der Waals surface area contributed by atoms with Crippen LogP contribution < -0.4 is 5.32 Å². The van der Waals surface area contributed by atoms with E-state index in [2.05, 4.69) is 12.2 Å². The van der Waals surface area contributed by atoms with Gasteiger partial charge in [-0.25, -0.2) is 0 Å². The second kappa shape index (κ2) is 7.07. The highest BCUT2D eigenvalue weighted by Crippen LogP contribution is 2.08. The van der Waals surface area contributed by atoms with E-state index in [4.69, 9.17) is 0 Å². The van der Waals surface area contributed by atoms with E-state index in [9.17, 15) is 4.79 Å². The molecule has 0 unspecified atom stereocenters. The second-order valence-corrected chi connectivity index (χ2v) is 4.28. The predicted octanol–water partition coefficient (Wildman–Crippen LogP) is 1.93. The summed E-state index contributed by atoms with van der Waals surface area (Å²) in [5.74, 6) is 0.0864. The predicted molar refractivity (Wildman–Crippen MR) is 71.3 cm³/mol. The topological polar surface area (TPSA) is 32.3 Å². The number of carbonyl (C=O) groups is 1. The number of likely N-dealkylation sites (N-methyl/N-ethyl adjacent to an activating group) is 2. The van der Waals surface area contributed by atoms with Crippen LogP contribution in [0.15, 0.2) is 24.3 Å². The number of hydrogen-bond donors (Lipinski definition) is 1. The summed E-state index contributed by atoms with van der Waals surface area (Å²) in [4.78, 5) is 13.8. The van der Waals surface area contributed by atoms with Crippen molar-refractivity contribution >= 4 is 5.91 Å². The number of nitrogens with zero attached hydrogens (tertiary/aromatic N) is 1. The number of nitrogens with one attached hydrogen (secondary N) is 1. The van der Waals surface area contributed by atoms with Gasteiger partial charge in [0.2, 0.25) is 0 Å². The Hall–Kier alpha value is -1.35. The molecule has 0 saturated heterocycles. The van der Waals surface area contributed by atoms with Gasteiger partial charge in [0.25, 0.3) is 5.91 Å². The van der Waals surface area contributed by atoms with Crippen molar-refractivity contribution in [2.75, 3.05) is 27.2 Å². The van der Waals surface area contributed by atoms with Crippen LogP contribution in [-0.2, 0) is 6.42 Å². The lowest BCUT2D eigenvalue weighted by Gasteiger charge is -2.17. The summed E-state index contributed by atoms with van der Waals surface area (Å²) in [7, 11) is 3.72. The first-order valence-corrected chi connectivity index (χ1v) is 6.18. The SMILES string of the molecule is CCCc1ccc(C(=O)N(C)CCNC)cc1. The van der Waals surface area contributed by atoms with Crippen LogP contribution in [0.2, 0.25) is 0 Å². The minimum absolute atomic E-state index is 0.0864. The van der Waals surface area contributed by atoms with E-state index in [1.54, 1.807) is 4.90 Å². The van der Waals surface area contributed by atoms with E-state index in [1.807, 2.05) is 38.4 Å². The van der Waals surface area contributed by atoms with Crippen LogP contribution in [0, 0.1) is 0 Å². The average Bonchev–Trinajstić information content (AvgIpc) is 2.36. The maximum atomic E-state index is 12.0. The quantitative estimate of drug-likeness (QED) is 0.815. The summed E-state index contributed by atoms with van der Waals surface area (Å²) < 4.78 is 0. The van der Waals surface area contributed by atoms with Gasteiger partial charge in [0.15, 0.2) is 0 Å². The summed E-state index contributed by atoms with van der Waals surface area (Å²) in [5.41, 5.74) is 2.06. The van der Waals surface area contributed by atoms with Gasteiger partial charge in [-0.15, -0.1) is 0 Å². The van der Waals surface area contributed by atoms with Gasteiger partial charge in [-0.1, -0.05) is 25.5 Å². The monoisotopic (exact) mass is 234 g/mol. The van der Waals surface area contributed by atoms with Crippen molar-refractivity contribution in [3.05, 3.63) is 35.4 Å². The van der Waals surface area contributed by atoms with Crippen molar-refractivity contribution in [1.82, 2.24) is 10.2 Å². The van der Waals surface area contributed by atoms with Crippen LogP contribution in [0.3, 0.4) is 0 Å². The molecular formula is C14H22N2O. The van der Waals surface area contributed by atoms with Gasteiger partial charge >= 0.3 is 0 Å². The fourth-order valence-electron chi connectivity index (χ4n) is 1.70. The second-order valence-electron chi connectivity index (χ2n) is 4.28. The average molecular weight is 234 g/mol. The first kappa shape index (κ1) is 13.7. The Kier molecular flexibility index (Phi) is 5.70. The molecule has 0 saturated carbocycles. The van der Waals surface area contributed by atoms with Gasteiger partial charge in [-0.05, 0) is 31.2 Å².